The Balaban J connectivity index is 3.24. The smallest absolute Gasteiger partial charge is 0.0842 e. The van der Waals surface area contributed by atoms with Gasteiger partial charge in [0.25, 0.3) is 0 Å². The molecule has 0 aromatic carbocycles. The van der Waals surface area contributed by atoms with Gasteiger partial charge < -0.3 is 4.90 Å². The molecule has 0 fully saturated rings. The first-order valence-corrected chi connectivity index (χ1v) is 4.84. The summed E-state index contributed by atoms with van der Waals surface area (Å²) in [6, 6.07) is 0.828. The second-order valence-corrected chi connectivity index (χ2v) is 4.30. The summed E-state index contributed by atoms with van der Waals surface area (Å²) in [7, 11) is 4.47. The van der Waals surface area contributed by atoms with Gasteiger partial charge in [0.1, 0.15) is 0 Å². The van der Waals surface area contributed by atoms with Crippen molar-refractivity contribution < 1.29 is 4.90 Å². The maximum absolute atomic E-state index is 2.33. The van der Waals surface area contributed by atoms with Crippen molar-refractivity contribution >= 4 is 0 Å². The predicted octanol–water partition coefficient (Wildman–Crippen LogP) is 1.35. The Bertz CT molecular complexity index is 86.9. The van der Waals surface area contributed by atoms with Crippen LogP contribution in [0.2, 0.25) is 0 Å². The number of rotatable bonds is 5. The first-order chi connectivity index (χ1) is 5.04. The summed E-state index contributed by atoms with van der Waals surface area (Å²) < 4.78 is 0. The summed E-state index contributed by atoms with van der Waals surface area (Å²) in [5.74, 6) is 0.874. The molecular formula is C10H24N+. The summed E-state index contributed by atoms with van der Waals surface area (Å²) in [5.41, 5.74) is 0. The van der Waals surface area contributed by atoms with Crippen LogP contribution in [-0.4, -0.2) is 20.1 Å². The minimum absolute atomic E-state index is 0.828. The van der Waals surface area contributed by atoms with Crippen LogP contribution in [0, 0.1) is 5.92 Å². The molecule has 0 aromatic heterocycles. The Morgan fingerprint density at radius 2 is 1.55 bits per heavy atom. The first-order valence-electron chi connectivity index (χ1n) is 4.84. The van der Waals surface area contributed by atoms with Crippen LogP contribution in [0.25, 0.3) is 0 Å². The highest BCUT2D eigenvalue weighted by Crippen LogP contribution is 2.06. The van der Waals surface area contributed by atoms with E-state index >= 15 is 0 Å². The van der Waals surface area contributed by atoms with Crippen molar-refractivity contribution in [3.8, 4) is 0 Å². The zero-order chi connectivity index (χ0) is 8.85. The Labute approximate surface area is 71.8 Å². The third-order valence-electron chi connectivity index (χ3n) is 2.40. The summed E-state index contributed by atoms with van der Waals surface area (Å²) in [6.45, 7) is 6.93. The molecule has 1 nitrogen and oxygen atoms in total. The Hall–Kier alpha value is -0.0400. The fourth-order valence-corrected chi connectivity index (χ4v) is 1.12. The van der Waals surface area contributed by atoms with Crippen molar-refractivity contribution in [1.82, 2.24) is 0 Å². The summed E-state index contributed by atoms with van der Waals surface area (Å²) in [6.07, 6.45) is 4.15. The maximum atomic E-state index is 2.33. The predicted molar refractivity (Wildman–Crippen MR) is 51.0 cm³/mol. The third-order valence-corrected chi connectivity index (χ3v) is 2.40. The fourth-order valence-electron chi connectivity index (χ4n) is 1.12. The molecule has 1 N–H and O–H groups in total. The lowest BCUT2D eigenvalue weighted by Crippen LogP contribution is -3.09. The molecule has 0 aliphatic carbocycles. The number of hydrogen-bond donors (Lipinski definition) is 1. The monoisotopic (exact) mass is 158 g/mol. The van der Waals surface area contributed by atoms with E-state index in [0.29, 0.717) is 0 Å². The SMILES string of the molecule is CC(C)CCCC(C)[NH+](C)C. The van der Waals surface area contributed by atoms with E-state index in [1.807, 2.05) is 0 Å². The highest BCUT2D eigenvalue weighted by Gasteiger charge is 2.06. The van der Waals surface area contributed by atoms with Gasteiger partial charge in [0.05, 0.1) is 20.1 Å². The van der Waals surface area contributed by atoms with E-state index in [4.69, 9.17) is 0 Å². The van der Waals surface area contributed by atoms with Crippen LogP contribution in [0.1, 0.15) is 40.0 Å². The quantitative estimate of drug-likeness (QED) is 0.616. The van der Waals surface area contributed by atoms with Crippen LogP contribution in [0.15, 0.2) is 0 Å². The topological polar surface area (TPSA) is 4.44 Å². The van der Waals surface area contributed by atoms with Crippen molar-refractivity contribution in [2.45, 2.75) is 46.1 Å². The Morgan fingerprint density at radius 3 is 1.91 bits per heavy atom. The van der Waals surface area contributed by atoms with Crippen LogP contribution in [-0.2, 0) is 0 Å². The Morgan fingerprint density at radius 1 is 1.00 bits per heavy atom. The van der Waals surface area contributed by atoms with Gasteiger partial charge in [-0.2, -0.15) is 0 Å². The van der Waals surface area contributed by atoms with Gasteiger partial charge in [0.2, 0.25) is 0 Å². The highest BCUT2D eigenvalue weighted by molar-refractivity contribution is 4.50. The summed E-state index contributed by atoms with van der Waals surface area (Å²) in [4.78, 5) is 1.58. The van der Waals surface area contributed by atoms with E-state index in [1.54, 1.807) is 4.90 Å². The number of nitrogens with one attached hydrogen (secondary N) is 1. The van der Waals surface area contributed by atoms with Crippen LogP contribution < -0.4 is 4.90 Å². The largest absolute Gasteiger partial charge is 0.338 e. The highest BCUT2D eigenvalue weighted by atomic mass is 15.1. The number of quaternary nitrogens is 1. The molecule has 1 heteroatoms. The van der Waals surface area contributed by atoms with Gasteiger partial charge in [0, 0.05) is 0 Å². The lowest BCUT2D eigenvalue weighted by atomic mass is 10.0. The average Bonchev–Trinajstić information content (AvgIpc) is 1.86. The lowest BCUT2D eigenvalue weighted by Gasteiger charge is -2.16. The third kappa shape index (κ3) is 6.36. The minimum Gasteiger partial charge on any atom is -0.338 e. The molecule has 0 saturated carbocycles. The molecule has 68 valence electrons. The summed E-state index contributed by atoms with van der Waals surface area (Å²) in [5, 5.41) is 0. The molecule has 0 spiro atoms. The molecule has 0 aliphatic heterocycles. The van der Waals surface area contributed by atoms with Gasteiger partial charge >= 0.3 is 0 Å². The molecule has 11 heavy (non-hydrogen) atoms. The molecule has 1 atom stereocenters. The standard InChI is InChI=1S/C10H23N/c1-9(2)7-6-8-10(3)11(4)5/h9-10H,6-8H2,1-5H3/p+1. The second-order valence-electron chi connectivity index (χ2n) is 4.30. The van der Waals surface area contributed by atoms with Crippen molar-refractivity contribution in [3.05, 3.63) is 0 Å². The molecule has 0 heterocycles. The van der Waals surface area contributed by atoms with Crippen molar-refractivity contribution in [1.29, 1.82) is 0 Å². The molecule has 1 unspecified atom stereocenters. The zero-order valence-corrected chi connectivity index (χ0v) is 8.78. The molecule has 0 bridgehead atoms. The second kappa shape index (κ2) is 5.59. The van der Waals surface area contributed by atoms with E-state index < -0.39 is 0 Å². The average molecular weight is 158 g/mol. The van der Waals surface area contributed by atoms with Gasteiger partial charge in [-0.05, 0) is 25.7 Å². The molecule has 0 aliphatic rings. The van der Waals surface area contributed by atoms with Gasteiger partial charge in [-0.25, -0.2) is 0 Å². The van der Waals surface area contributed by atoms with Gasteiger partial charge in [-0.15, -0.1) is 0 Å². The van der Waals surface area contributed by atoms with E-state index in [1.165, 1.54) is 19.3 Å². The fraction of sp³-hybridized carbons (Fsp3) is 1.00. The molecule has 0 rings (SSSR count). The van der Waals surface area contributed by atoms with Gasteiger partial charge in [-0.3, -0.25) is 0 Å². The van der Waals surface area contributed by atoms with Gasteiger partial charge in [0.15, 0.2) is 0 Å². The molecule has 0 amide bonds. The van der Waals surface area contributed by atoms with Gasteiger partial charge in [-0.1, -0.05) is 20.3 Å². The van der Waals surface area contributed by atoms with E-state index in [-0.39, 0.29) is 0 Å². The molecule has 0 aromatic rings. The lowest BCUT2D eigenvalue weighted by molar-refractivity contribution is -0.883. The van der Waals surface area contributed by atoms with Crippen LogP contribution >= 0.6 is 0 Å². The van der Waals surface area contributed by atoms with Crippen molar-refractivity contribution in [2.24, 2.45) is 5.92 Å². The maximum Gasteiger partial charge on any atom is 0.0842 e. The molecular weight excluding hydrogens is 134 g/mol. The number of hydrogen-bond acceptors (Lipinski definition) is 0. The van der Waals surface area contributed by atoms with Crippen LogP contribution in [0.4, 0.5) is 0 Å². The normalized spacial score (nSPS) is 14.5. The first kappa shape index (κ1) is 11.0. The zero-order valence-electron chi connectivity index (χ0n) is 8.78. The van der Waals surface area contributed by atoms with E-state index in [2.05, 4.69) is 34.9 Å². The molecule has 0 saturated heterocycles. The summed E-state index contributed by atoms with van der Waals surface area (Å²) >= 11 is 0. The van der Waals surface area contributed by atoms with Crippen molar-refractivity contribution in [3.63, 3.8) is 0 Å². The Kier molecular flexibility index (Phi) is 5.57. The van der Waals surface area contributed by atoms with Crippen LogP contribution in [0.5, 0.6) is 0 Å². The minimum atomic E-state index is 0.828. The van der Waals surface area contributed by atoms with Crippen molar-refractivity contribution in [2.75, 3.05) is 14.1 Å². The van der Waals surface area contributed by atoms with Crippen LogP contribution in [0.3, 0.4) is 0 Å². The molecule has 0 radical (unpaired) electrons. The van der Waals surface area contributed by atoms with E-state index in [0.717, 1.165) is 12.0 Å². The van der Waals surface area contributed by atoms with E-state index in [9.17, 15) is 0 Å².